The number of H-pyrrole nitrogens is 1. The molecule has 6 nitrogen and oxygen atoms in total. The fourth-order valence-corrected chi connectivity index (χ4v) is 4.73. The molecule has 2 aliphatic rings. The first-order chi connectivity index (χ1) is 13.1. The second kappa shape index (κ2) is 7.26. The third kappa shape index (κ3) is 3.07. The Morgan fingerprint density at radius 2 is 2.11 bits per heavy atom. The van der Waals surface area contributed by atoms with Crippen LogP contribution in [0.15, 0.2) is 33.9 Å². The maximum atomic E-state index is 9.41. The third-order valence-corrected chi connectivity index (χ3v) is 6.49. The highest BCUT2D eigenvalue weighted by molar-refractivity contribution is 9.10. The molecule has 1 N–H and O–H groups in total. The number of aromatic amines is 1. The van der Waals surface area contributed by atoms with Gasteiger partial charge >= 0.3 is 0 Å². The van der Waals surface area contributed by atoms with Crippen LogP contribution in [0.1, 0.15) is 35.4 Å². The fraction of sp³-hybridized carbons (Fsp3) is 0.400. The molecule has 0 amide bonds. The van der Waals surface area contributed by atoms with Gasteiger partial charge in [-0.1, -0.05) is 12.1 Å². The zero-order chi connectivity index (χ0) is 19.0. The Balaban J connectivity index is 1.82. The van der Waals surface area contributed by atoms with Gasteiger partial charge in [0.2, 0.25) is 0 Å². The maximum Gasteiger partial charge on any atom is 0.272 e. The van der Waals surface area contributed by atoms with Crippen molar-refractivity contribution in [2.24, 2.45) is 10.9 Å². The van der Waals surface area contributed by atoms with Gasteiger partial charge in [-0.25, -0.2) is 11.6 Å². The average molecular weight is 423 g/mol. The topological polar surface area (TPSA) is 72.4 Å². The molecule has 0 spiro atoms. The molecule has 0 aliphatic carbocycles. The van der Waals surface area contributed by atoms with Gasteiger partial charge in [-0.3, -0.25) is 5.10 Å². The molecule has 7 heteroatoms. The van der Waals surface area contributed by atoms with Crippen molar-refractivity contribution in [2.75, 3.05) is 20.1 Å². The van der Waals surface area contributed by atoms with Crippen LogP contribution < -0.4 is 0 Å². The molecule has 4 rings (SSSR count). The molecule has 3 heterocycles. The first kappa shape index (κ1) is 17.9. The molecule has 2 aromatic rings. The van der Waals surface area contributed by atoms with Crippen molar-refractivity contribution in [1.82, 2.24) is 15.1 Å². The second-order valence-corrected chi connectivity index (χ2v) is 7.95. The van der Waals surface area contributed by atoms with Crippen molar-refractivity contribution in [1.29, 1.82) is 5.26 Å². The van der Waals surface area contributed by atoms with Crippen LogP contribution in [0.2, 0.25) is 0 Å². The normalized spacial score (nSPS) is 23.2. The largest absolute Gasteiger partial charge is 0.306 e. The molecule has 0 radical (unpaired) electrons. The smallest absolute Gasteiger partial charge is 0.272 e. The standard InChI is InChI=1S/C20H19BrN6/c1-23-19-16(14-5-3-4-13(10-22)17(14)21)15-11-24-26-20(15)25-18(19)12-6-8-27(2)9-7-12/h3-5,11-12,16,19H,6-9H2,2H3,(H,24,26). The van der Waals surface area contributed by atoms with Crippen molar-refractivity contribution in [2.45, 2.75) is 24.8 Å². The number of benzene rings is 1. The molecule has 1 fully saturated rings. The summed E-state index contributed by atoms with van der Waals surface area (Å²) in [7, 11) is 2.13. The SMILES string of the molecule is [C-]#[N+]C1C(C2CCN(C)CC2)=Nc2[nH]ncc2C1c1cccc(C#N)c1Br. The Hall–Kier alpha value is -2.48. The Bertz CT molecular complexity index is 971. The van der Waals surface area contributed by atoms with E-state index in [2.05, 4.69) is 49.0 Å². The van der Waals surface area contributed by atoms with Gasteiger partial charge in [0.25, 0.3) is 6.04 Å². The number of hydrogen-bond donors (Lipinski definition) is 1. The number of likely N-dealkylation sites (tertiary alicyclic amines) is 1. The van der Waals surface area contributed by atoms with E-state index in [1.54, 1.807) is 12.3 Å². The van der Waals surface area contributed by atoms with E-state index >= 15 is 0 Å². The molecule has 0 saturated carbocycles. The second-order valence-electron chi connectivity index (χ2n) is 7.16. The molecule has 2 unspecified atom stereocenters. The highest BCUT2D eigenvalue weighted by atomic mass is 79.9. The minimum atomic E-state index is -0.381. The first-order valence-corrected chi connectivity index (χ1v) is 9.78. The molecule has 1 saturated heterocycles. The van der Waals surface area contributed by atoms with Gasteiger partial charge in [0.05, 0.1) is 17.7 Å². The monoisotopic (exact) mass is 422 g/mol. The fourth-order valence-electron chi connectivity index (χ4n) is 4.13. The van der Waals surface area contributed by atoms with Gasteiger partial charge < -0.3 is 9.74 Å². The highest BCUT2D eigenvalue weighted by Crippen LogP contribution is 2.44. The van der Waals surface area contributed by atoms with Crippen LogP contribution >= 0.6 is 15.9 Å². The number of rotatable bonds is 2. The lowest BCUT2D eigenvalue weighted by molar-refractivity contribution is 0.250. The van der Waals surface area contributed by atoms with Gasteiger partial charge in [-0.05, 0) is 60.5 Å². The van der Waals surface area contributed by atoms with Crippen LogP contribution in [0.3, 0.4) is 0 Å². The van der Waals surface area contributed by atoms with Gasteiger partial charge in [-0.2, -0.15) is 10.4 Å². The summed E-state index contributed by atoms with van der Waals surface area (Å²) in [5.41, 5.74) is 3.39. The van der Waals surface area contributed by atoms with Crippen LogP contribution in [0.25, 0.3) is 4.85 Å². The van der Waals surface area contributed by atoms with E-state index in [1.165, 1.54) is 0 Å². The molecule has 27 heavy (non-hydrogen) atoms. The van der Waals surface area contributed by atoms with E-state index in [0.717, 1.165) is 53.1 Å². The molecule has 0 bridgehead atoms. The Morgan fingerprint density at radius 1 is 1.33 bits per heavy atom. The van der Waals surface area contributed by atoms with Crippen LogP contribution in [0.5, 0.6) is 0 Å². The minimum absolute atomic E-state index is 0.189. The quantitative estimate of drug-likeness (QED) is 0.745. The van der Waals surface area contributed by atoms with Crippen LogP contribution in [-0.2, 0) is 0 Å². The van der Waals surface area contributed by atoms with Gasteiger partial charge in [-0.15, -0.1) is 0 Å². The lowest BCUT2D eigenvalue weighted by Gasteiger charge is -2.33. The first-order valence-electron chi connectivity index (χ1n) is 8.99. The van der Waals surface area contributed by atoms with E-state index in [0.29, 0.717) is 11.5 Å². The summed E-state index contributed by atoms with van der Waals surface area (Å²) in [5.74, 6) is 0.853. The zero-order valence-corrected chi connectivity index (χ0v) is 16.6. The lowest BCUT2D eigenvalue weighted by atomic mass is 9.76. The number of nitrogens with one attached hydrogen (secondary N) is 1. The van der Waals surface area contributed by atoms with E-state index < -0.39 is 0 Å². The molecular weight excluding hydrogens is 404 g/mol. The zero-order valence-electron chi connectivity index (χ0n) is 15.0. The van der Waals surface area contributed by atoms with E-state index in [4.69, 9.17) is 11.6 Å². The summed E-state index contributed by atoms with van der Waals surface area (Å²) in [5, 5.41) is 16.6. The average Bonchev–Trinajstić information content (AvgIpc) is 3.16. The molecule has 1 aromatic carbocycles. The molecule has 2 aliphatic heterocycles. The third-order valence-electron chi connectivity index (χ3n) is 5.60. The number of halogens is 1. The van der Waals surface area contributed by atoms with E-state index in [1.807, 2.05) is 12.1 Å². The summed E-state index contributed by atoms with van der Waals surface area (Å²) < 4.78 is 0.753. The number of nitriles is 1. The van der Waals surface area contributed by atoms with Crippen molar-refractivity contribution < 1.29 is 0 Å². The number of piperidine rings is 1. The Labute approximate surface area is 166 Å². The van der Waals surface area contributed by atoms with Crippen molar-refractivity contribution in [3.63, 3.8) is 0 Å². The maximum absolute atomic E-state index is 9.41. The van der Waals surface area contributed by atoms with E-state index in [9.17, 15) is 5.26 Å². The predicted molar refractivity (Wildman–Crippen MR) is 107 cm³/mol. The number of hydrogen-bond acceptors (Lipinski definition) is 4. The van der Waals surface area contributed by atoms with Crippen molar-refractivity contribution >= 4 is 27.5 Å². The summed E-state index contributed by atoms with van der Waals surface area (Å²) in [4.78, 5) is 11.2. The number of fused-ring (bicyclic) bond motifs is 1. The lowest BCUT2D eigenvalue weighted by Crippen LogP contribution is -2.40. The summed E-state index contributed by atoms with van der Waals surface area (Å²) >= 11 is 3.60. The summed E-state index contributed by atoms with van der Waals surface area (Å²) in [6, 6.07) is 7.49. The van der Waals surface area contributed by atoms with Gasteiger partial charge in [0, 0.05) is 16.0 Å². The Kier molecular flexibility index (Phi) is 4.82. The van der Waals surface area contributed by atoms with Crippen LogP contribution in [0, 0.1) is 23.8 Å². The van der Waals surface area contributed by atoms with Crippen LogP contribution in [-0.4, -0.2) is 47.0 Å². The minimum Gasteiger partial charge on any atom is -0.306 e. The summed E-state index contributed by atoms with van der Waals surface area (Å²) in [6.07, 6.45) is 3.78. The Morgan fingerprint density at radius 3 is 2.81 bits per heavy atom. The van der Waals surface area contributed by atoms with Gasteiger partial charge in [0.1, 0.15) is 11.8 Å². The van der Waals surface area contributed by atoms with Gasteiger partial charge in [0.15, 0.2) is 5.82 Å². The molecule has 1 aromatic heterocycles. The highest BCUT2D eigenvalue weighted by Gasteiger charge is 2.44. The predicted octanol–water partition coefficient (Wildman–Crippen LogP) is 3.89. The van der Waals surface area contributed by atoms with Crippen molar-refractivity contribution in [3.8, 4) is 6.07 Å². The summed E-state index contributed by atoms with van der Waals surface area (Å²) in [6.45, 7) is 9.98. The number of aliphatic imine (C=N–C) groups is 1. The van der Waals surface area contributed by atoms with Crippen molar-refractivity contribution in [3.05, 3.63) is 57.0 Å². The molecule has 136 valence electrons. The van der Waals surface area contributed by atoms with E-state index in [-0.39, 0.29) is 12.0 Å². The number of nitrogens with zero attached hydrogens (tertiary/aromatic N) is 5. The number of aromatic nitrogens is 2. The van der Waals surface area contributed by atoms with Crippen LogP contribution in [0.4, 0.5) is 5.82 Å². The molecular formula is C20H19BrN6. The molecule has 2 atom stereocenters.